The molecular weight excluding hydrogens is 281 g/mol. The molecule has 1 saturated heterocycles. The number of carbonyl (C=O) groups excluding carboxylic acids is 1. The number of piperidine rings is 1. The van der Waals surface area contributed by atoms with Crippen LogP contribution in [0.2, 0.25) is 0 Å². The molecule has 122 valence electrons. The fraction of sp³-hybridized carbons (Fsp3) is 0.588. The van der Waals surface area contributed by atoms with Crippen molar-refractivity contribution in [1.82, 2.24) is 5.32 Å². The van der Waals surface area contributed by atoms with Crippen LogP contribution in [0.3, 0.4) is 0 Å². The van der Waals surface area contributed by atoms with Crippen LogP contribution >= 0.6 is 0 Å². The zero-order valence-electron chi connectivity index (χ0n) is 13.4. The van der Waals surface area contributed by atoms with Crippen LogP contribution in [0, 0.1) is 11.7 Å². The summed E-state index contributed by atoms with van der Waals surface area (Å²) in [7, 11) is 0. The molecule has 0 saturated carbocycles. The highest BCUT2D eigenvalue weighted by Crippen LogP contribution is 2.23. The van der Waals surface area contributed by atoms with Gasteiger partial charge in [0.1, 0.15) is 5.82 Å². The van der Waals surface area contributed by atoms with Crippen LogP contribution in [0.25, 0.3) is 0 Å². The van der Waals surface area contributed by atoms with Gasteiger partial charge < -0.3 is 16.0 Å². The van der Waals surface area contributed by atoms with Gasteiger partial charge in [-0.2, -0.15) is 0 Å². The molecule has 1 fully saturated rings. The van der Waals surface area contributed by atoms with Crippen molar-refractivity contribution >= 4 is 11.6 Å². The van der Waals surface area contributed by atoms with Crippen LogP contribution in [-0.2, 0) is 4.79 Å². The number of benzene rings is 1. The summed E-state index contributed by atoms with van der Waals surface area (Å²) in [6, 6.07) is 6.32. The van der Waals surface area contributed by atoms with Crippen molar-refractivity contribution in [2.45, 2.75) is 45.2 Å². The van der Waals surface area contributed by atoms with E-state index in [-0.39, 0.29) is 23.7 Å². The highest BCUT2D eigenvalue weighted by Gasteiger charge is 2.26. The molecule has 0 bridgehead atoms. The van der Waals surface area contributed by atoms with Crippen molar-refractivity contribution in [3.8, 4) is 0 Å². The van der Waals surface area contributed by atoms with Gasteiger partial charge >= 0.3 is 0 Å². The lowest BCUT2D eigenvalue weighted by atomic mass is 9.98. The smallest absolute Gasteiger partial charge is 0.237 e. The second-order valence-electron chi connectivity index (χ2n) is 6.16. The summed E-state index contributed by atoms with van der Waals surface area (Å²) in [4.78, 5) is 14.2. The lowest BCUT2D eigenvalue weighted by Crippen LogP contribution is -2.53. The van der Waals surface area contributed by atoms with Crippen LogP contribution in [-0.4, -0.2) is 31.1 Å². The van der Waals surface area contributed by atoms with Crippen molar-refractivity contribution in [3.63, 3.8) is 0 Å². The normalized spacial score (nSPS) is 21.3. The Labute approximate surface area is 131 Å². The number of carbonyl (C=O) groups is 1. The van der Waals surface area contributed by atoms with Crippen LogP contribution in [0.15, 0.2) is 24.3 Å². The average molecular weight is 307 g/mol. The number of rotatable bonds is 5. The Hall–Kier alpha value is -1.62. The van der Waals surface area contributed by atoms with Gasteiger partial charge in [-0.25, -0.2) is 4.39 Å². The van der Waals surface area contributed by atoms with Crippen molar-refractivity contribution in [2.75, 3.05) is 18.0 Å². The average Bonchev–Trinajstić information content (AvgIpc) is 2.54. The van der Waals surface area contributed by atoms with Gasteiger partial charge in [0.05, 0.1) is 11.7 Å². The van der Waals surface area contributed by atoms with Crippen molar-refractivity contribution < 1.29 is 9.18 Å². The van der Waals surface area contributed by atoms with Gasteiger partial charge in [-0.1, -0.05) is 32.4 Å². The third-order valence-corrected chi connectivity index (χ3v) is 4.52. The van der Waals surface area contributed by atoms with E-state index in [9.17, 15) is 9.18 Å². The van der Waals surface area contributed by atoms with Gasteiger partial charge in [-0.05, 0) is 30.9 Å². The largest absolute Gasteiger partial charge is 0.367 e. The van der Waals surface area contributed by atoms with Crippen molar-refractivity contribution in [1.29, 1.82) is 0 Å². The van der Waals surface area contributed by atoms with Gasteiger partial charge in [0.15, 0.2) is 0 Å². The maximum atomic E-state index is 13.9. The van der Waals surface area contributed by atoms with E-state index >= 15 is 0 Å². The standard InChI is InChI=1S/C17H26FN3O/c1-3-12(2)16(19)17(22)20-13-7-6-10-21(11-13)15-9-5-4-8-14(15)18/h4-5,8-9,12-13,16H,3,6-7,10-11,19H2,1-2H3,(H,20,22). The maximum Gasteiger partial charge on any atom is 0.237 e. The topological polar surface area (TPSA) is 58.4 Å². The molecule has 3 unspecified atom stereocenters. The molecule has 1 aliphatic heterocycles. The Morgan fingerprint density at radius 3 is 2.91 bits per heavy atom. The van der Waals surface area contributed by atoms with Gasteiger partial charge in [0.25, 0.3) is 0 Å². The predicted molar refractivity (Wildman–Crippen MR) is 87.2 cm³/mol. The molecule has 0 radical (unpaired) electrons. The summed E-state index contributed by atoms with van der Waals surface area (Å²) in [6.07, 6.45) is 2.71. The lowest BCUT2D eigenvalue weighted by Gasteiger charge is -2.35. The minimum atomic E-state index is -0.478. The highest BCUT2D eigenvalue weighted by molar-refractivity contribution is 5.82. The zero-order valence-corrected chi connectivity index (χ0v) is 13.4. The third kappa shape index (κ3) is 3.97. The first-order valence-corrected chi connectivity index (χ1v) is 8.08. The van der Waals surface area contributed by atoms with Crippen LogP contribution < -0.4 is 16.0 Å². The summed E-state index contributed by atoms with van der Waals surface area (Å²) in [6.45, 7) is 5.44. The van der Waals surface area contributed by atoms with E-state index < -0.39 is 6.04 Å². The van der Waals surface area contributed by atoms with Crippen LogP contribution in [0.5, 0.6) is 0 Å². The van der Waals surface area contributed by atoms with Gasteiger partial charge in [0, 0.05) is 19.1 Å². The summed E-state index contributed by atoms with van der Waals surface area (Å²) in [5.74, 6) is -0.160. The van der Waals surface area contributed by atoms with Crippen molar-refractivity contribution in [2.24, 2.45) is 11.7 Å². The predicted octanol–water partition coefficient (Wildman–Crippen LogP) is 2.28. The molecule has 4 nitrogen and oxygen atoms in total. The SMILES string of the molecule is CCC(C)C(N)C(=O)NC1CCCN(c2ccccc2F)C1. The fourth-order valence-corrected chi connectivity index (χ4v) is 2.83. The first-order chi connectivity index (χ1) is 10.5. The monoisotopic (exact) mass is 307 g/mol. The van der Waals surface area contributed by atoms with E-state index in [2.05, 4.69) is 5.32 Å². The molecule has 1 aliphatic rings. The second-order valence-corrected chi connectivity index (χ2v) is 6.16. The quantitative estimate of drug-likeness (QED) is 0.877. The van der Waals surface area contributed by atoms with E-state index in [1.807, 2.05) is 24.8 Å². The lowest BCUT2D eigenvalue weighted by molar-refractivity contribution is -0.124. The summed E-state index contributed by atoms with van der Waals surface area (Å²) in [5.41, 5.74) is 6.58. The van der Waals surface area contributed by atoms with Crippen molar-refractivity contribution in [3.05, 3.63) is 30.1 Å². The van der Waals surface area contributed by atoms with Crippen LogP contribution in [0.1, 0.15) is 33.1 Å². The number of para-hydroxylation sites is 1. The Morgan fingerprint density at radius 2 is 2.23 bits per heavy atom. The number of nitrogens with one attached hydrogen (secondary N) is 1. The molecule has 0 aromatic heterocycles. The molecular formula is C17H26FN3O. The summed E-state index contributed by atoms with van der Waals surface area (Å²) >= 11 is 0. The molecule has 0 aliphatic carbocycles. The minimum Gasteiger partial charge on any atom is -0.367 e. The molecule has 2 rings (SSSR count). The fourth-order valence-electron chi connectivity index (χ4n) is 2.83. The maximum absolute atomic E-state index is 13.9. The molecule has 1 amide bonds. The number of hydrogen-bond donors (Lipinski definition) is 2. The molecule has 0 spiro atoms. The first kappa shape index (κ1) is 16.7. The first-order valence-electron chi connectivity index (χ1n) is 8.08. The number of hydrogen-bond acceptors (Lipinski definition) is 3. The Bertz CT molecular complexity index is 508. The Balaban J connectivity index is 1.96. The molecule has 3 N–H and O–H groups in total. The Morgan fingerprint density at radius 1 is 1.50 bits per heavy atom. The van der Waals surface area contributed by atoms with Gasteiger partial charge in [0.2, 0.25) is 5.91 Å². The van der Waals surface area contributed by atoms with Gasteiger partial charge in [-0.3, -0.25) is 4.79 Å². The van der Waals surface area contributed by atoms with Crippen LogP contribution in [0.4, 0.5) is 10.1 Å². The molecule has 1 heterocycles. The number of anilines is 1. The second kappa shape index (κ2) is 7.58. The Kier molecular flexibility index (Phi) is 5.77. The summed E-state index contributed by atoms with van der Waals surface area (Å²) < 4.78 is 13.9. The molecule has 22 heavy (non-hydrogen) atoms. The number of halogens is 1. The molecule has 1 aromatic carbocycles. The molecule has 3 atom stereocenters. The summed E-state index contributed by atoms with van der Waals surface area (Å²) in [5, 5.41) is 3.03. The molecule has 5 heteroatoms. The number of nitrogens with two attached hydrogens (primary N) is 1. The third-order valence-electron chi connectivity index (χ3n) is 4.52. The minimum absolute atomic E-state index is 0.0240. The van der Waals surface area contributed by atoms with E-state index in [0.29, 0.717) is 12.2 Å². The number of amides is 1. The van der Waals surface area contributed by atoms with E-state index in [1.165, 1.54) is 6.07 Å². The van der Waals surface area contributed by atoms with Gasteiger partial charge in [-0.15, -0.1) is 0 Å². The highest BCUT2D eigenvalue weighted by atomic mass is 19.1. The van der Waals surface area contributed by atoms with E-state index in [1.54, 1.807) is 12.1 Å². The van der Waals surface area contributed by atoms with E-state index in [4.69, 9.17) is 5.73 Å². The zero-order chi connectivity index (χ0) is 16.1. The number of nitrogens with zero attached hydrogens (tertiary/aromatic N) is 1. The molecule has 1 aromatic rings. The van der Waals surface area contributed by atoms with E-state index in [0.717, 1.165) is 25.8 Å².